The highest BCUT2D eigenvalue weighted by Crippen LogP contribution is 2.04. The van der Waals surface area contributed by atoms with Crippen molar-refractivity contribution in [1.82, 2.24) is 0 Å². The van der Waals surface area contributed by atoms with Gasteiger partial charge in [-0.15, -0.1) is 6.58 Å². The second-order valence-corrected chi connectivity index (χ2v) is 2.35. The predicted octanol–water partition coefficient (Wildman–Crippen LogP) is 1.94. The van der Waals surface area contributed by atoms with Crippen molar-refractivity contribution in [2.75, 3.05) is 0 Å². The maximum Gasteiger partial charge on any atom is 0.162 e. The Kier molecular flexibility index (Phi) is 4.63. The van der Waals surface area contributed by atoms with E-state index in [1.165, 1.54) is 0 Å². The van der Waals surface area contributed by atoms with Gasteiger partial charge < -0.3 is 5.21 Å². The molecule has 0 fully saturated rings. The number of nitrogens with zero attached hydrogens (tertiary/aromatic N) is 1. The number of allylic oxidation sites excluding steroid dienone is 1. The van der Waals surface area contributed by atoms with Crippen molar-refractivity contribution >= 4 is 6.72 Å². The summed E-state index contributed by atoms with van der Waals surface area (Å²) in [4.78, 5) is 0. The molecule has 0 aliphatic heterocycles. The molecule has 10 heavy (non-hydrogen) atoms. The third kappa shape index (κ3) is 3.28. The Morgan fingerprint density at radius 3 is 2.60 bits per heavy atom. The van der Waals surface area contributed by atoms with Crippen LogP contribution in [0.2, 0.25) is 0 Å². The standard InChI is InChI=1S/C8H15NO/c1-4-6-7-8(5-2)9(3)10/h4,8H,1,3,5-7H2,2H3. The van der Waals surface area contributed by atoms with Gasteiger partial charge in [0.25, 0.3) is 0 Å². The highest BCUT2D eigenvalue weighted by atomic mass is 16.5. The first kappa shape index (κ1) is 9.21. The summed E-state index contributed by atoms with van der Waals surface area (Å²) in [5.41, 5.74) is 0. The van der Waals surface area contributed by atoms with Crippen LogP contribution in [0.15, 0.2) is 12.7 Å². The van der Waals surface area contributed by atoms with Gasteiger partial charge in [-0.3, -0.25) is 0 Å². The van der Waals surface area contributed by atoms with Crippen LogP contribution in [-0.2, 0) is 0 Å². The summed E-state index contributed by atoms with van der Waals surface area (Å²) in [6, 6.07) is 0.0676. The summed E-state index contributed by atoms with van der Waals surface area (Å²) >= 11 is 0. The summed E-state index contributed by atoms with van der Waals surface area (Å²) < 4.78 is 0.781. The SMILES string of the molecule is C=CCCC(CC)[N+](=C)[O-]. The number of hydrogen-bond acceptors (Lipinski definition) is 1. The molecule has 0 aliphatic rings. The van der Waals surface area contributed by atoms with Crippen LogP contribution >= 0.6 is 0 Å². The van der Waals surface area contributed by atoms with Crippen LogP contribution in [0.1, 0.15) is 26.2 Å². The van der Waals surface area contributed by atoms with Gasteiger partial charge in [0.1, 0.15) is 6.72 Å². The van der Waals surface area contributed by atoms with Gasteiger partial charge in [0.2, 0.25) is 0 Å². The molecule has 1 unspecified atom stereocenters. The van der Waals surface area contributed by atoms with E-state index in [-0.39, 0.29) is 6.04 Å². The highest BCUT2D eigenvalue weighted by Gasteiger charge is 2.08. The summed E-state index contributed by atoms with van der Waals surface area (Å²) in [7, 11) is 0. The summed E-state index contributed by atoms with van der Waals surface area (Å²) in [5, 5.41) is 10.7. The van der Waals surface area contributed by atoms with Crippen molar-refractivity contribution in [3.8, 4) is 0 Å². The highest BCUT2D eigenvalue weighted by molar-refractivity contribution is 5.14. The van der Waals surface area contributed by atoms with E-state index in [9.17, 15) is 5.21 Å². The lowest BCUT2D eigenvalue weighted by atomic mass is 10.1. The lowest BCUT2D eigenvalue weighted by Crippen LogP contribution is -2.18. The van der Waals surface area contributed by atoms with Gasteiger partial charge in [-0.2, -0.15) is 0 Å². The van der Waals surface area contributed by atoms with Crippen LogP contribution in [0.3, 0.4) is 0 Å². The maximum absolute atomic E-state index is 10.7. The molecule has 0 saturated carbocycles. The number of rotatable bonds is 5. The fourth-order valence-electron chi connectivity index (χ4n) is 0.862. The number of hydroxylamine groups is 1. The third-order valence-electron chi connectivity index (χ3n) is 1.58. The first-order valence-electron chi connectivity index (χ1n) is 3.60. The van der Waals surface area contributed by atoms with Gasteiger partial charge in [-0.1, -0.05) is 13.0 Å². The van der Waals surface area contributed by atoms with Crippen molar-refractivity contribution in [1.29, 1.82) is 0 Å². The van der Waals surface area contributed by atoms with Crippen LogP contribution in [0.4, 0.5) is 0 Å². The van der Waals surface area contributed by atoms with Gasteiger partial charge >= 0.3 is 0 Å². The Bertz CT molecular complexity index is 120. The Labute approximate surface area is 62.5 Å². The van der Waals surface area contributed by atoms with Crippen molar-refractivity contribution in [2.45, 2.75) is 32.2 Å². The monoisotopic (exact) mass is 141 g/mol. The fourth-order valence-corrected chi connectivity index (χ4v) is 0.862. The summed E-state index contributed by atoms with van der Waals surface area (Å²) in [6.45, 7) is 8.88. The van der Waals surface area contributed by atoms with Crippen LogP contribution in [0, 0.1) is 5.21 Å². The van der Waals surface area contributed by atoms with Crippen molar-refractivity contribution < 1.29 is 4.74 Å². The van der Waals surface area contributed by atoms with Crippen LogP contribution < -0.4 is 0 Å². The topological polar surface area (TPSA) is 26.1 Å². The second kappa shape index (κ2) is 5.03. The van der Waals surface area contributed by atoms with Crippen LogP contribution in [-0.4, -0.2) is 17.5 Å². The van der Waals surface area contributed by atoms with Gasteiger partial charge in [-0.25, -0.2) is 4.74 Å². The Morgan fingerprint density at radius 1 is 1.70 bits per heavy atom. The van der Waals surface area contributed by atoms with Gasteiger partial charge in [0, 0.05) is 12.8 Å². The van der Waals surface area contributed by atoms with E-state index in [0.717, 1.165) is 24.0 Å². The molecule has 0 amide bonds. The molecule has 0 spiro atoms. The van der Waals surface area contributed by atoms with Crippen LogP contribution in [0.25, 0.3) is 0 Å². The van der Waals surface area contributed by atoms with Crippen molar-refractivity contribution in [3.05, 3.63) is 17.9 Å². The summed E-state index contributed by atoms with van der Waals surface area (Å²) in [5.74, 6) is 0. The molecule has 58 valence electrons. The molecule has 1 atom stereocenters. The zero-order valence-electron chi connectivity index (χ0n) is 6.55. The number of hydrogen-bond donors (Lipinski definition) is 0. The molecule has 2 heteroatoms. The predicted molar refractivity (Wildman–Crippen MR) is 44.3 cm³/mol. The van der Waals surface area contributed by atoms with Gasteiger partial charge in [0.15, 0.2) is 6.04 Å². The van der Waals surface area contributed by atoms with E-state index in [0.29, 0.717) is 0 Å². The van der Waals surface area contributed by atoms with Crippen molar-refractivity contribution in [3.63, 3.8) is 0 Å². The molecule has 0 bridgehead atoms. The zero-order chi connectivity index (χ0) is 7.98. The first-order chi connectivity index (χ1) is 4.72. The molecule has 0 aromatic carbocycles. The van der Waals surface area contributed by atoms with Gasteiger partial charge in [0.05, 0.1) is 0 Å². The zero-order valence-corrected chi connectivity index (χ0v) is 6.55. The third-order valence-corrected chi connectivity index (χ3v) is 1.58. The van der Waals surface area contributed by atoms with E-state index in [1.807, 2.05) is 13.0 Å². The lowest BCUT2D eigenvalue weighted by molar-refractivity contribution is -0.494. The largest absolute Gasteiger partial charge is 0.624 e. The molecule has 0 aliphatic carbocycles. The lowest BCUT2D eigenvalue weighted by Gasteiger charge is -2.12. The smallest absolute Gasteiger partial charge is 0.162 e. The Hall–Kier alpha value is -0.790. The first-order valence-corrected chi connectivity index (χ1v) is 3.60. The minimum atomic E-state index is 0.0676. The minimum absolute atomic E-state index is 0.0676. The molecule has 0 N–H and O–H groups in total. The molecule has 0 rings (SSSR count). The van der Waals surface area contributed by atoms with Gasteiger partial charge in [-0.05, 0) is 6.42 Å². The molecule has 0 aromatic heterocycles. The summed E-state index contributed by atoms with van der Waals surface area (Å²) in [6.07, 6.45) is 4.45. The van der Waals surface area contributed by atoms with E-state index in [2.05, 4.69) is 13.3 Å². The molecular formula is C8H15NO. The normalized spacial score (nSPS) is 12.5. The average Bonchev–Trinajstić information content (AvgIpc) is 1.89. The molecule has 0 heterocycles. The Balaban J connectivity index is 3.60. The average molecular weight is 141 g/mol. The minimum Gasteiger partial charge on any atom is -0.624 e. The molecule has 0 saturated heterocycles. The molecular weight excluding hydrogens is 126 g/mol. The Morgan fingerprint density at radius 2 is 2.30 bits per heavy atom. The van der Waals surface area contributed by atoms with E-state index in [4.69, 9.17) is 0 Å². The molecule has 2 nitrogen and oxygen atoms in total. The molecule has 0 radical (unpaired) electrons. The van der Waals surface area contributed by atoms with E-state index in [1.54, 1.807) is 0 Å². The van der Waals surface area contributed by atoms with Crippen molar-refractivity contribution in [2.24, 2.45) is 0 Å². The maximum atomic E-state index is 10.7. The second-order valence-electron chi connectivity index (χ2n) is 2.35. The van der Waals surface area contributed by atoms with Crippen LogP contribution in [0.5, 0.6) is 0 Å². The van der Waals surface area contributed by atoms with E-state index >= 15 is 0 Å². The molecule has 0 aromatic rings. The fraction of sp³-hybridized carbons (Fsp3) is 0.625. The van der Waals surface area contributed by atoms with E-state index < -0.39 is 0 Å². The quantitative estimate of drug-likeness (QED) is 0.189.